The molecule has 6 N–H and O–H groups in total. The molecule has 1 atom stereocenters. The minimum absolute atomic E-state index is 0.00983. The van der Waals surface area contributed by atoms with Crippen LogP contribution in [0.1, 0.15) is 58.8 Å². The predicted octanol–water partition coefficient (Wildman–Crippen LogP) is 4.36. The quantitative estimate of drug-likeness (QED) is 0.151. The second-order valence-electron chi connectivity index (χ2n) is 9.53. The van der Waals surface area contributed by atoms with Crippen molar-refractivity contribution in [1.82, 2.24) is 10.3 Å². The Hall–Kier alpha value is -4.09. The van der Waals surface area contributed by atoms with E-state index >= 15 is 0 Å². The lowest BCUT2D eigenvalue weighted by Gasteiger charge is -2.21. The Kier molecular flexibility index (Phi) is 11.8. The minimum atomic E-state index is -0.192. The molecule has 210 valence electrons. The Balaban J connectivity index is 0.00000216. The fourth-order valence-electron chi connectivity index (χ4n) is 4.41. The number of hydrogen-bond donors (Lipinski definition) is 5. The number of fused-ring (bicyclic) bond motifs is 1. The normalized spacial score (nSPS) is 11.3. The highest BCUT2D eigenvalue weighted by Crippen LogP contribution is 2.33. The molecule has 1 amide bonds. The van der Waals surface area contributed by atoms with Gasteiger partial charge in [-0.1, -0.05) is 36.1 Å². The van der Waals surface area contributed by atoms with Crippen molar-refractivity contribution in [3.63, 3.8) is 0 Å². The first-order valence-corrected chi connectivity index (χ1v) is 13.5. The van der Waals surface area contributed by atoms with Gasteiger partial charge in [0.15, 0.2) is 0 Å². The highest BCUT2D eigenvalue weighted by atomic mass is 16.5. The summed E-state index contributed by atoms with van der Waals surface area (Å²) in [6.07, 6.45) is 3.16. The summed E-state index contributed by atoms with van der Waals surface area (Å²) < 4.78 is 6.11. The molecule has 0 aliphatic rings. The van der Waals surface area contributed by atoms with Gasteiger partial charge >= 0.3 is 0 Å². The van der Waals surface area contributed by atoms with Crippen molar-refractivity contribution in [2.75, 3.05) is 26.8 Å². The van der Waals surface area contributed by atoms with E-state index in [4.69, 9.17) is 9.84 Å². The van der Waals surface area contributed by atoms with Gasteiger partial charge in [-0.3, -0.25) is 4.79 Å². The first kappa shape index (κ1) is 30.5. The predicted molar refractivity (Wildman–Crippen MR) is 161 cm³/mol. The summed E-state index contributed by atoms with van der Waals surface area (Å²) >= 11 is 0. The Morgan fingerprint density at radius 1 is 1.00 bits per heavy atom. The summed E-state index contributed by atoms with van der Waals surface area (Å²) in [5, 5.41) is 23.3. The summed E-state index contributed by atoms with van der Waals surface area (Å²) in [5.41, 5.74) is 9.67. The van der Waals surface area contributed by atoms with Crippen molar-refractivity contribution in [2.24, 2.45) is 5.73 Å². The van der Waals surface area contributed by atoms with Crippen LogP contribution in [0.4, 0.5) is 0 Å². The zero-order valence-corrected chi connectivity index (χ0v) is 23.4. The fraction of sp³-hybridized carbons (Fsp3) is 0.303. The van der Waals surface area contributed by atoms with Crippen molar-refractivity contribution >= 4 is 16.8 Å². The molecule has 0 aliphatic heterocycles. The molecule has 4 aromatic rings. The number of rotatable bonds is 10. The number of ether oxygens (including phenoxy) is 1. The zero-order chi connectivity index (χ0) is 28.9. The summed E-state index contributed by atoms with van der Waals surface area (Å²) in [7, 11) is 1.50. The number of para-hydroxylation sites is 1. The van der Waals surface area contributed by atoms with Crippen molar-refractivity contribution in [3.05, 3.63) is 101 Å². The van der Waals surface area contributed by atoms with Crippen LogP contribution in [0, 0.1) is 11.8 Å². The number of aliphatic hydroxyl groups excluding tert-OH is 2. The van der Waals surface area contributed by atoms with Gasteiger partial charge in [-0.05, 0) is 81.8 Å². The molecular weight excluding hydrogens is 502 g/mol. The van der Waals surface area contributed by atoms with E-state index in [9.17, 15) is 9.90 Å². The highest BCUT2D eigenvalue weighted by molar-refractivity contribution is 5.94. The number of amides is 1. The van der Waals surface area contributed by atoms with Crippen LogP contribution >= 0.6 is 0 Å². The van der Waals surface area contributed by atoms with Gasteiger partial charge in [-0.25, -0.2) is 0 Å². The summed E-state index contributed by atoms with van der Waals surface area (Å²) in [6, 6.07) is 21.1. The molecule has 1 heterocycles. The van der Waals surface area contributed by atoms with E-state index in [1.807, 2.05) is 62.5 Å². The number of H-pyrrole nitrogens is 1. The van der Waals surface area contributed by atoms with E-state index in [1.54, 1.807) is 18.2 Å². The lowest BCUT2D eigenvalue weighted by atomic mass is 9.90. The van der Waals surface area contributed by atoms with Gasteiger partial charge in [0, 0.05) is 58.4 Å². The van der Waals surface area contributed by atoms with Crippen LogP contribution < -0.4 is 15.8 Å². The van der Waals surface area contributed by atoms with Gasteiger partial charge < -0.3 is 31.0 Å². The first-order valence-electron chi connectivity index (χ1n) is 13.5. The van der Waals surface area contributed by atoms with Gasteiger partial charge in [0.1, 0.15) is 5.75 Å². The van der Waals surface area contributed by atoms with Gasteiger partial charge in [-0.15, -0.1) is 0 Å². The van der Waals surface area contributed by atoms with E-state index in [2.05, 4.69) is 33.9 Å². The average Bonchev–Trinajstić information content (AvgIpc) is 3.39. The van der Waals surface area contributed by atoms with Gasteiger partial charge in [0.2, 0.25) is 0 Å². The highest BCUT2D eigenvalue weighted by Gasteiger charge is 2.19. The zero-order valence-electron chi connectivity index (χ0n) is 23.4. The molecule has 40 heavy (non-hydrogen) atoms. The number of benzene rings is 3. The third-order valence-electron chi connectivity index (χ3n) is 6.27. The van der Waals surface area contributed by atoms with Crippen LogP contribution in [0.5, 0.6) is 5.75 Å². The van der Waals surface area contributed by atoms with E-state index in [0.29, 0.717) is 24.9 Å². The summed E-state index contributed by atoms with van der Waals surface area (Å²) in [4.78, 5) is 15.7. The third-order valence-corrected chi connectivity index (χ3v) is 6.27. The molecule has 0 spiro atoms. The molecule has 0 bridgehead atoms. The third kappa shape index (κ3) is 8.20. The van der Waals surface area contributed by atoms with Crippen molar-refractivity contribution in [3.8, 4) is 17.6 Å². The van der Waals surface area contributed by atoms with Crippen LogP contribution in [0.15, 0.2) is 72.9 Å². The lowest BCUT2D eigenvalue weighted by Crippen LogP contribution is -2.24. The number of nitrogens with one attached hydrogen (secondary N) is 2. The largest absolute Gasteiger partial charge is 0.491 e. The van der Waals surface area contributed by atoms with Gasteiger partial charge in [-0.2, -0.15) is 0 Å². The minimum Gasteiger partial charge on any atom is -0.491 e. The molecule has 0 radical (unpaired) electrons. The molecular formula is C33H39N3O4. The maximum absolute atomic E-state index is 12.4. The standard InChI is InChI=1S/C32H34N2O4.CH5N/c1-22(2)38-31-14-13-24(12-11-23-7-5-8-25(17-23)32(37)33-15-6-16-35)18-29(31)27(21-36)19-26-20-34-30-10-4-3-9-28(26)30;1-2/h3-5,7-10,13-14,17-18,20,22,27,34-36H,6,15-16,19,21H2,1-2H3,(H,33,37);2H2,1H3. The van der Waals surface area contributed by atoms with Gasteiger partial charge in [0.25, 0.3) is 5.91 Å². The number of aromatic amines is 1. The number of carbonyl (C=O) groups excluding carboxylic acids is 1. The molecule has 4 rings (SSSR count). The Labute approximate surface area is 236 Å². The van der Waals surface area contributed by atoms with Crippen molar-refractivity contribution < 1.29 is 19.7 Å². The summed E-state index contributed by atoms with van der Waals surface area (Å²) in [5.74, 6) is 6.75. The van der Waals surface area contributed by atoms with Crippen LogP contribution in [-0.2, 0) is 6.42 Å². The van der Waals surface area contributed by atoms with E-state index in [1.165, 1.54) is 7.05 Å². The smallest absolute Gasteiger partial charge is 0.251 e. The topological polar surface area (TPSA) is 121 Å². The number of hydrogen-bond acceptors (Lipinski definition) is 5. The number of aliphatic hydroxyl groups is 2. The summed E-state index contributed by atoms with van der Waals surface area (Å²) in [6.45, 7) is 4.39. The van der Waals surface area contributed by atoms with Crippen LogP contribution in [0.3, 0.4) is 0 Å². The second kappa shape index (κ2) is 15.5. The van der Waals surface area contributed by atoms with Crippen molar-refractivity contribution in [2.45, 2.75) is 38.7 Å². The molecule has 0 saturated heterocycles. The lowest BCUT2D eigenvalue weighted by molar-refractivity contribution is 0.0951. The molecule has 3 aromatic carbocycles. The molecule has 7 heteroatoms. The molecule has 0 aliphatic carbocycles. The van der Waals surface area contributed by atoms with Crippen LogP contribution in [0.25, 0.3) is 10.9 Å². The monoisotopic (exact) mass is 541 g/mol. The van der Waals surface area contributed by atoms with Gasteiger partial charge in [0.05, 0.1) is 12.7 Å². The average molecular weight is 542 g/mol. The van der Waals surface area contributed by atoms with E-state index < -0.39 is 0 Å². The Bertz CT molecular complexity index is 1450. The van der Waals surface area contributed by atoms with E-state index in [-0.39, 0.29) is 31.1 Å². The first-order chi connectivity index (χ1) is 19.5. The molecule has 0 saturated carbocycles. The van der Waals surface area contributed by atoms with Crippen molar-refractivity contribution in [1.29, 1.82) is 0 Å². The number of carbonyl (C=O) groups is 1. The molecule has 7 nitrogen and oxygen atoms in total. The van der Waals surface area contributed by atoms with Crippen LogP contribution in [0.2, 0.25) is 0 Å². The fourth-order valence-corrected chi connectivity index (χ4v) is 4.41. The number of aromatic nitrogens is 1. The Morgan fingerprint density at radius 2 is 1.75 bits per heavy atom. The Morgan fingerprint density at radius 3 is 2.48 bits per heavy atom. The maximum atomic E-state index is 12.4. The van der Waals surface area contributed by atoms with Crippen LogP contribution in [-0.4, -0.2) is 54.0 Å². The molecule has 0 fully saturated rings. The SMILES string of the molecule is CC(C)Oc1ccc(C#Cc2cccc(C(=O)NCCCO)c2)cc1C(CO)Cc1c[nH]c2ccccc12.CN. The molecule has 1 aromatic heterocycles. The van der Waals surface area contributed by atoms with E-state index in [0.717, 1.165) is 38.9 Å². The second-order valence-corrected chi connectivity index (χ2v) is 9.53. The molecule has 1 unspecified atom stereocenters. The number of nitrogens with two attached hydrogens (primary N) is 1. The maximum Gasteiger partial charge on any atom is 0.251 e.